The van der Waals surface area contributed by atoms with Crippen molar-refractivity contribution in [1.82, 2.24) is 19.7 Å². The highest BCUT2D eigenvalue weighted by Crippen LogP contribution is 2.42. The second-order valence-electron chi connectivity index (χ2n) is 7.33. The van der Waals surface area contributed by atoms with Gasteiger partial charge in [-0.15, -0.1) is 0 Å². The highest BCUT2D eigenvalue weighted by atomic mass is 19.4. The number of anilines is 1. The standard InChI is InChI=1S/C19H22F3N5O/c1-2-13-10-16(19(20,21)22)27-17(24-13)11-14(25-27)15-4-3-9-26(15)18(28)12-5-7-23-8-6-12/h5-8,11,13,15-16,24H,2-4,9-10H2,1H3/t13-,15-,16-/m1/s1. The molecule has 150 valence electrons. The van der Waals surface area contributed by atoms with Crippen LogP contribution in [0.25, 0.3) is 0 Å². The van der Waals surface area contributed by atoms with E-state index < -0.39 is 12.2 Å². The number of likely N-dealkylation sites (tertiary alicyclic amines) is 1. The van der Waals surface area contributed by atoms with Crippen molar-refractivity contribution in [3.63, 3.8) is 0 Å². The molecule has 28 heavy (non-hydrogen) atoms. The summed E-state index contributed by atoms with van der Waals surface area (Å²) < 4.78 is 41.8. The van der Waals surface area contributed by atoms with Crippen LogP contribution in [0.4, 0.5) is 19.0 Å². The first kappa shape index (κ1) is 18.8. The van der Waals surface area contributed by atoms with Crippen LogP contribution in [0.5, 0.6) is 0 Å². The van der Waals surface area contributed by atoms with Crippen LogP contribution in [0.2, 0.25) is 0 Å². The maximum atomic E-state index is 13.6. The average molecular weight is 393 g/mol. The number of rotatable bonds is 3. The van der Waals surface area contributed by atoms with Crippen LogP contribution in [0.3, 0.4) is 0 Å². The molecule has 6 nitrogen and oxygen atoms in total. The number of nitrogens with zero attached hydrogens (tertiary/aromatic N) is 4. The van der Waals surface area contributed by atoms with Gasteiger partial charge in [-0.3, -0.25) is 9.78 Å². The minimum absolute atomic E-state index is 0.0432. The van der Waals surface area contributed by atoms with E-state index in [0.29, 0.717) is 36.5 Å². The van der Waals surface area contributed by atoms with Crippen molar-refractivity contribution in [3.05, 3.63) is 41.9 Å². The molecule has 0 unspecified atom stereocenters. The van der Waals surface area contributed by atoms with Crippen LogP contribution in [-0.4, -0.2) is 44.3 Å². The maximum absolute atomic E-state index is 13.6. The molecule has 0 bridgehead atoms. The smallest absolute Gasteiger partial charge is 0.367 e. The summed E-state index contributed by atoms with van der Waals surface area (Å²) in [6.07, 6.45) is 0.767. The van der Waals surface area contributed by atoms with E-state index in [4.69, 9.17) is 0 Å². The Morgan fingerprint density at radius 2 is 2.07 bits per heavy atom. The van der Waals surface area contributed by atoms with E-state index >= 15 is 0 Å². The third-order valence-corrected chi connectivity index (χ3v) is 5.56. The summed E-state index contributed by atoms with van der Waals surface area (Å²) >= 11 is 0. The van der Waals surface area contributed by atoms with Crippen molar-refractivity contribution >= 4 is 11.7 Å². The lowest BCUT2D eigenvalue weighted by atomic mass is 10.0. The Bertz CT molecular complexity index is 851. The van der Waals surface area contributed by atoms with Gasteiger partial charge in [-0.05, 0) is 37.8 Å². The van der Waals surface area contributed by atoms with Crippen LogP contribution < -0.4 is 5.32 Å². The van der Waals surface area contributed by atoms with Gasteiger partial charge in [-0.2, -0.15) is 18.3 Å². The van der Waals surface area contributed by atoms with Gasteiger partial charge in [0.15, 0.2) is 6.04 Å². The Kier molecular flexibility index (Phi) is 4.76. The van der Waals surface area contributed by atoms with Gasteiger partial charge < -0.3 is 10.2 Å². The Hall–Kier alpha value is -2.58. The Balaban J connectivity index is 1.65. The summed E-state index contributed by atoms with van der Waals surface area (Å²) in [5.41, 5.74) is 1.02. The van der Waals surface area contributed by atoms with E-state index in [1.807, 2.05) is 6.92 Å². The molecule has 2 aliphatic heterocycles. The third-order valence-electron chi connectivity index (χ3n) is 5.56. The summed E-state index contributed by atoms with van der Waals surface area (Å²) in [5, 5.41) is 7.46. The molecule has 1 fully saturated rings. The molecule has 4 rings (SSSR count). The number of alkyl halides is 3. The number of halogens is 3. The lowest BCUT2D eigenvalue weighted by Gasteiger charge is -2.32. The summed E-state index contributed by atoms with van der Waals surface area (Å²) in [7, 11) is 0. The number of hydrogen-bond acceptors (Lipinski definition) is 4. The van der Waals surface area contributed by atoms with Gasteiger partial charge in [0.1, 0.15) is 5.82 Å². The molecule has 0 spiro atoms. The Labute approximate surface area is 160 Å². The predicted molar refractivity (Wildman–Crippen MR) is 96.9 cm³/mol. The lowest BCUT2D eigenvalue weighted by molar-refractivity contribution is -0.173. The SMILES string of the molecule is CC[C@@H]1C[C@H](C(F)(F)F)n2nc([C@H]3CCCN3C(=O)c3ccncc3)cc2N1. The fourth-order valence-corrected chi connectivity index (χ4v) is 4.08. The van der Waals surface area contributed by atoms with Crippen molar-refractivity contribution in [2.75, 3.05) is 11.9 Å². The van der Waals surface area contributed by atoms with Crippen molar-refractivity contribution in [3.8, 4) is 0 Å². The largest absolute Gasteiger partial charge is 0.410 e. The molecule has 3 atom stereocenters. The molecule has 0 radical (unpaired) electrons. The summed E-state index contributed by atoms with van der Waals surface area (Å²) in [5.74, 6) is 0.223. The summed E-state index contributed by atoms with van der Waals surface area (Å²) in [6, 6.07) is 2.74. The molecular weight excluding hydrogens is 371 g/mol. The van der Waals surface area contributed by atoms with Gasteiger partial charge in [0.05, 0.1) is 11.7 Å². The van der Waals surface area contributed by atoms with Crippen molar-refractivity contribution in [2.24, 2.45) is 0 Å². The van der Waals surface area contributed by atoms with E-state index in [9.17, 15) is 18.0 Å². The van der Waals surface area contributed by atoms with Gasteiger partial charge in [0.2, 0.25) is 0 Å². The number of carbonyl (C=O) groups is 1. The third kappa shape index (κ3) is 3.33. The molecular formula is C19H22F3N5O. The van der Waals surface area contributed by atoms with Gasteiger partial charge in [0, 0.05) is 36.6 Å². The quantitative estimate of drug-likeness (QED) is 0.858. The van der Waals surface area contributed by atoms with E-state index in [1.165, 1.54) is 0 Å². The zero-order valence-corrected chi connectivity index (χ0v) is 15.5. The van der Waals surface area contributed by atoms with Crippen LogP contribution in [0.15, 0.2) is 30.6 Å². The van der Waals surface area contributed by atoms with Gasteiger partial charge in [0.25, 0.3) is 5.91 Å². The summed E-state index contributed by atoms with van der Waals surface area (Å²) in [4.78, 5) is 18.5. The van der Waals surface area contributed by atoms with Gasteiger partial charge >= 0.3 is 6.18 Å². The van der Waals surface area contributed by atoms with E-state index in [2.05, 4.69) is 15.4 Å². The number of nitrogens with one attached hydrogen (secondary N) is 1. The first-order chi connectivity index (χ1) is 13.4. The van der Waals surface area contributed by atoms with Crippen LogP contribution in [-0.2, 0) is 0 Å². The van der Waals surface area contributed by atoms with Gasteiger partial charge in [-0.25, -0.2) is 4.68 Å². The molecule has 2 aliphatic rings. The fourth-order valence-electron chi connectivity index (χ4n) is 4.08. The molecule has 0 saturated carbocycles. The van der Waals surface area contributed by atoms with Crippen molar-refractivity contribution in [2.45, 2.75) is 56.9 Å². The number of aromatic nitrogens is 3. The maximum Gasteiger partial charge on any atom is 0.410 e. The zero-order valence-electron chi connectivity index (χ0n) is 15.5. The van der Waals surface area contributed by atoms with Crippen LogP contribution in [0.1, 0.15) is 60.7 Å². The minimum atomic E-state index is -4.37. The molecule has 9 heteroatoms. The first-order valence-corrected chi connectivity index (χ1v) is 9.52. The molecule has 2 aromatic heterocycles. The second-order valence-corrected chi connectivity index (χ2v) is 7.33. The summed E-state index contributed by atoms with van der Waals surface area (Å²) in [6.45, 7) is 2.42. The van der Waals surface area contributed by atoms with Crippen molar-refractivity contribution in [1.29, 1.82) is 0 Å². The first-order valence-electron chi connectivity index (χ1n) is 9.52. The number of fused-ring (bicyclic) bond motifs is 1. The predicted octanol–water partition coefficient (Wildman–Crippen LogP) is 3.95. The monoisotopic (exact) mass is 393 g/mol. The van der Waals surface area contributed by atoms with Crippen LogP contribution >= 0.6 is 0 Å². The zero-order chi connectivity index (χ0) is 19.9. The number of pyridine rings is 1. The van der Waals surface area contributed by atoms with E-state index in [-0.39, 0.29) is 24.4 Å². The fraction of sp³-hybridized carbons (Fsp3) is 0.526. The molecule has 1 saturated heterocycles. The number of carbonyl (C=O) groups excluding carboxylic acids is 1. The van der Waals surface area contributed by atoms with Crippen molar-refractivity contribution < 1.29 is 18.0 Å². The highest BCUT2D eigenvalue weighted by Gasteiger charge is 2.46. The average Bonchev–Trinajstić information content (AvgIpc) is 3.32. The van der Waals surface area contributed by atoms with Gasteiger partial charge in [-0.1, -0.05) is 6.92 Å². The Morgan fingerprint density at radius 1 is 1.32 bits per heavy atom. The van der Waals surface area contributed by atoms with E-state index in [0.717, 1.165) is 11.1 Å². The van der Waals surface area contributed by atoms with E-state index in [1.54, 1.807) is 35.5 Å². The molecule has 4 heterocycles. The molecule has 0 aromatic carbocycles. The lowest BCUT2D eigenvalue weighted by Crippen LogP contribution is -2.39. The topological polar surface area (TPSA) is 63.1 Å². The number of amides is 1. The normalized spacial score (nSPS) is 24.7. The van der Waals surface area contributed by atoms with Crippen LogP contribution in [0, 0.1) is 0 Å². The molecule has 0 aliphatic carbocycles. The Morgan fingerprint density at radius 3 is 2.75 bits per heavy atom. The number of hydrogen-bond donors (Lipinski definition) is 1. The molecule has 1 amide bonds. The molecule has 2 aromatic rings. The molecule has 1 N–H and O–H groups in total. The second kappa shape index (κ2) is 7.10. The minimum Gasteiger partial charge on any atom is -0.367 e. The highest BCUT2D eigenvalue weighted by molar-refractivity contribution is 5.94.